The Balaban J connectivity index is 1.75. The molecule has 0 unspecified atom stereocenters. The maximum atomic E-state index is 11.9. The number of carbonyl (C=O) groups is 1. The molecule has 2 aliphatic rings. The molecule has 2 fully saturated rings. The summed E-state index contributed by atoms with van der Waals surface area (Å²) in [4.78, 5) is 13.7. The number of likely N-dealkylation sites (tertiary alicyclic amines) is 1. The third-order valence-electron chi connectivity index (χ3n) is 3.93. The predicted molar refractivity (Wildman–Crippen MR) is 77.1 cm³/mol. The fraction of sp³-hybridized carbons (Fsp3) is 0.929. The van der Waals surface area contributed by atoms with Crippen molar-refractivity contribution in [2.75, 3.05) is 19.3 Å². The first-order valence-corrected chi connectivity index (χ1v) is 8.16. The first kappa shape index (κ1) is 15.0. The summed E-state index contributed by atoms with van der Waals surface area (Å²) < 4.78 is 11.0. The highest BCUT2D eigenvalue weighted by atomic mass is 32.2. The Bertz CT molecular complexity index is 324. The summed E-state index contributed by atoms with van der Waals surface area (Å²) in [6, 6.07) is 0. The second-order valence-corrected chi connectivity index (χ2v) is 7.32. The van der Waals surface area contributed by atoms with Crippen molar-refractivity contribution in [1.29, 1.82) is 0 Å². The summed E-state index contributed by atoms with van der Waals surface area (Å²) in [6.07, 6.45) is 6.76. The molecule has 0 aromatic heterocycles. The third-order valence-corrected chi connectivity index (χ3v) is 4.39. The Kier molecular flexibility index (Phi) is 4.35. The zero-order chi connectivity index (χ0) is 14.1. The topological polar surface area (TPSA) is 38.8 Å². The van der Waals surface area contributed by atoms with Crippen LogP contribution in [0.5, 0.6) is 0 Å². The summed E-state index contributed by atoms with van der Waals surface area (Å²) in [7, 11) is 0. The van der Waals surface area contributed by atoms with Gasteiger partial charge in [-0.3, -0.25) is 0 Å². The third kappa shape index (κ3) is 3.78. The van der Waals surface area contributed by atoms with Gasteiger partial charge in [-0.2, -0.15) is 0 Å². The summed E-state index contributed by atoms with van der Waals surface area (Å²) in [5.74, 6) is 0. The molecule has 110 valence electrons. The van der Waals surface area contributed by atoms with E-state index in [1.54, 1.807) is 0 Å². The van der Waals surface area contributed by atoms with Gasteiger partial charge in [0, 0.05) is 24.8 Å². The van der Waals surface area contributed by atoms with E-state index in [1.807, 2.05) is 31.9 Å². The molecular formula is C14H25NO3S. The van der Waals surface area contributed by atoms with E-state index in [-0.39, 0.29) is 6.09 Å². The Morgan fingerprint density at radius 1 is 1.26 bits per heavy atom. The smallest absolute Gasteiger partial charge is 0.410 e. The minimum Gasteiger partial charge on any atom is -0.444 e. The van der Waals surface area contributed by atoms with Crippen LogP contribution in [0.25, 0.3) is 0 Å². The van der Waals surface area contributed by atoms with Crippen molar-refractivity contribution in [3.05, 3.63) is 0 Å². The molecule has 1 aliphatic carbocycles. The highest BCUT2D eigenvalue weighted by Gasteiger charge is 2.48. The van der Waals surface area contributed by atoms with Crippen LogP contribution < -0.4 is 0 Å². The van der Waals surface area contributed by atoms with Crippen LogP contribution in [-0.2, 0) is 8.92 Å². The van der Waals surface area contributed by atoms with Gasteiger partial charge in [-0.1, -0.05) is 0 Å². The first-order valence-electron chi connectivity index (χ1n) is 7.01. The molecular weight excluding hydrogens is 262 g/mol. The van der Waals surface area contributed by atoms with Gasteiger partial charge in [0.25, 0.3) is 0 Å². The molecule has 0 radical (unpaired) electrons. The van der Waals surface area contributed by atoms with E-state index in [2.05, 4.69) is 0 Å². The van der Waals surface area contributed by atoms with Gasteiger partial charge in [-0.05, 0) is 58.5 Å². The summed E-state index contributed by atoms with van der Waals surface area (Å²) in [5.41, 5.74) is -0.0567. The number of hydrogen-bond donors (Lipinski definition) is 0. The molecule has 5 heteroatoms. The van der Waals surface area contributed by atoms with Gasteiger partial charge in [-0.25, -0.2) is 4.79 Å². The van der Waals surface area contributed by atoms with Crippen molar-refractivity contribution < 1.29 is 13.7 Å². The number of carbonyl (C=O) groups excluding carboxylic acids is 1. The van der Waals surface area contributed by atoms with Crippen LogP contribution in [0.1, 0.15) is 46.5 Å². The molecule has 19 heavy (non-hydrogen) atoms. The molecule has 1 amide bonds. The zero-order valence-electron chi connectivity index (χ0n) is 12.4. The molecule has 1 aliphatic heterocycles. The van der Waals surface area contributed by atoms with Crippen molar-refractivity contribution in [3.63, 3.8) is 0 Å². The predicted octanol–water partition coefficient (Wildman–Crippen LogP) is 3.46. The van der Waals surface area contributed by atoms with Gasteiger partial charge in [0.1, 0.15) is 5.60 Å². The normalized spacial score (nSPS) is 23.3. The second kappa shape index (κ2) is 5.52. The highest BCUT2D eigenvalue weighted by molar-refractivity contribution is 7.93. The lowest BCUT2D eigenvalue weighted by Crippen LogP contribution is -2.60. The van der Waals surface area contributed by atoms with E-state index in [0.717, 1.165) is 38.8 Å². The van der Waals surface area contributed by atoms with E-state index >= 15 is 0 Å². The van der Waals surface area contributed by atoms with Crippen LogP contribution in [-0.4, -0.2) is 42.0 Å². The van der Waals surface area contributed by atoms with Crippen molar-refractivity contribution in [2.24, 2.45) is 5.41 Å². The van der Waals surface area contributed by atoms with E-state index in [9.17, 15) is 4.79 Å². The number of amides is 1. The lowest BCUT2D eigenvalue weighted by molar-refractivity contribution is -0.0592. The number of nitrogens with zero attached hydrogens (tertiary/aromatic N) is 1. The van der Waals surface area contributed by atoms with E-state index in [0.29, 0.717) is 11.5 Å². The van der Waals surface area contributed by atoms with Gasteiger partial charge in [0.2, 0.25) is 0 Å². The largest absolute Gasteiger partial charge is 0.444 e. The van der Waals surface area contributed by atoms with Crippen molar-refractivity contribution in [3.8, 4) is 0 Å². The standard InChI is InChI=1S/C14H25NO3S/c1-13(2,3)17-12(16)15-9-14(10-15)7-5-11(6-8-14)18-19-4/h11H,5-10H2,1-4H3. The van der Waals surface area contributed by atoms with Gasteiger partial charge >= 0.3 is 6.09 Å². The Morgan fingerprint density at radius 3 is 2.32 bits per heavy atom. The Hall–Kier alpha value is -0.420. The first-order chi connectivity index (χ1) is 8.84. The molecule has 0 aromatic carbocycles. The Morgan fingerprint density at radius 2 is 1.84 bits per heavy atom. The van der Waals surface area contributed by atoms with Crippen molar-refractivity contribution in [1.82, 2.24) is 4.90 Å². The highest BCUT2D eigenvalue weighted by Crippen LogP contribution is 2.45. The molecule has 0 bridgehead atoms. The molecule has 1 saturated carbocycles. The van der Waals surface area contributed by atoms with Crippen molar-refractivity contribution in [2.45, 2.75) is 58.2 Å². The molecule has 0 N–H and O–H groups in total. The summed E-state index contributed by atoms with van der Waals surface area (Å²) >= 11 is 1.46. The molecule has 1 heterocycles. The van der Waals surface area contributed by atoms with Gasteiger partial charge < -0.3 is 13.8 Å². The molecule has 4 nitrogen and oxygen atoms in total. The summed E-state index contributed by atoms with van der Waals surface area (Å²) in [6.45, 7) is 7.43. The van der Waals surface area contributed by atoms with Crippen LogP contribution >= 0.6 is 12.0 Å². The quantitative estimate of drug-likeness (QED) is 0.729. The number of ether oxygens (including phenoxy) is 1. The molecule has 0 atom stereocenters. The monoisotopic (exact) mass is 287 g/mol. The lowest BCUT2D eigenvalue weighted by atomic mass is 9.68. The van der Waals surface area contributed by atoms with Crippen LogP contribution in [0.2, 0.25) is 0 Å². The van der Waals surface area contributed by atoms with Crippen LogP contribution in [0.3, 0.4) is 0 Å². The van der Waals surface area contributed by atoms with E-state index in [1.165, 1.54) is 12.0 Å². The second-order valence-electron chi connectivity index (χ2n) is 6.80. The fourth-order valence-electron chi connectivity index (χ4n) is 2.97. The van der Waals surface area contributed by atoms with Gasteiger partial charge in [0.15, 0.2) is 0 Å². The SMILES string of the molecule is CSOC1CCC2(CC1)CN(C(=O)OC(C)(C)C)C2. The van der Waals surface area contributed by atoms with E-state index < -0.39 is 5.60 Å². The number of rotatable bonds is 2. The van der Waals surface area contributed by atoms with Gasteiger partial charge in [-0.15, -0.1) is 0 Å². The van der Waals surface area contributed by atoms with Crippen LogP contribution in [0.4, 0.5) is 4.79 Å². The molecule has 2 rings (SSSR count). The maximum Gasteiger partial charge on any atom is 0.410 e. The van der Waals surface area contributed by atoms with Crippen molar-refractivity contribution >= 4 is 18.1 Å². The van der Waals surface area contributed by atoms with Crippen LogP contribution in [0, 0.1) is 5.41 Å². The zero-order valence-corrected chi connectivity index (χ0v) is 13.2. The summed E-state index contributed by atoms with van der Waals surface area (Å²) in [5, 5.41) is 0. The fourth-order valence-corrected chi connectivity index (χ4v) is 3.44. The minimum absolute atomic E-state index is 0.166. The van der Waals surface area contributed by atoms with Gasteiger partial charge in [0.05, 0.1) is 6.10 Å². The number of hydrogen-bond acceptors (Lipinski definition) is 4. The molecule has 1 spiro atoms. The molecule has 0 aromatic rings. The molecule has 1 saturated heterocycles. The van der Waals surface area contributed by atoms with Crippen LogP contribution in [0.15, 0.2) is 0 Å². The van der Waals surface area contributed by atoms with E-state index in [4.69, 9.17) is 8.92 Å². The Labute approximate surface area is 120 Å². The average Bonchev–Trinajstić information content (AvgIpc) is 2.25. The average molecular weight is 287 g/mol. The minimum atomic E-state index is -0.399. The maximum absolute atomic E-state index is 11.9. The lowest BCUT2D eigenvalue weighted by Gasteiger charge is -2.52.